The van der Waals surface area contributed by atoms with E-state index in [0.29, 0.717) is 0 Å². The maximum absolute atomic E-state index is 10.4. The third kappa shape index (κ3) is 5.78. The van der Waals surface area contributed by atoms with Gasteiger partial charge in [-0.2, -0.15) is 0 Å². The molecule has 0 atom stereocenters. The molecule has 0 spiro atoms. The highest BCUT2D eigenvalue weighted by Crippen LogP contribution is 2.03. The second-order valence-electron chi connectivity index (χ2n) is 2.30. The number of hydrogen-bond donors (Lipinski definition) is 1. The first-order valence-electron chi connectivity index (χ1n) is 3.15. The second-order valence-corrected chi connectivity index (χ2v) is 3.72. The molecule has 0 aliphatic rings. The lowest BCUT2D eigenvalue weighted by atomic mass is 10.2. The van der Waals surface area contributed by atoms with Crippen LogP contribution in [0.3, 0.4) is 0 Å². The third-order valence-electron chi connectivity index (χ3n) is 1.01. The number of primary sulfonamides is 1. The van der Waals surface area contributed by atoms with Crippen molar-refractivity contribution in [2.45, 2.75) is 26.7 Å². The Bertz CT molecular complexity index is 216. The zero-order valence-electron chi connectivity index (χ0n) is 6.29. The van der Waals surface area contributed by atoms with E-state index >= 15 is 0 Å². The first-order chi connectivity index (χ1) is 4.45. The van der Waals surface area contributed by atoms with Gasteiger partial charge in [0.1, 0.15) is 0 Å². The number of nitrogens with two attached hydrogens (primary N) is 1. The van der Waals surface area contributed by atoms with Crippen molar-refractivity contribution in [2.24, 2.45) is 5.14 Å². The first kappa shape index (κ1) is 9.65. The van der Waals surface area contributed by atoms with Gasteiger partial charge in [-0.3, -0.25) is 0 Å². The summed E-state index contributed by atoms with van der Waals surface area (Å²) >= 11 is 0. The second kappa shape index (κ2) is 3.73. The summed E-state index contributed by atoms with van der Waals surface area (Å²) in [6, 6.07) is 0. The molecule has 0 amide bonds. The lowest BCUT2D eigenvalue weighted by molar-refractivity contribution is 0.606. The van der Waals surface area contributed by atoms with Crippen molar-refractivity contribution in [3.8, 4) is 0 Å². The molecule has 0 aromatic carbocycles. The Morgan fingerprint density at radius 1 is 1.60 bits per heavy atom. The zero-order valence-corrected chi connectivity index (χ0v) is 7.11. The van der Waals surface area contributed by atoms with Gasteiger partial charge in [0.15, 0.2) is 0 Å². The molecule has 0 aromatic rings. The molecule has 0 fully saturated rings. The van der Waals surface area contributed by atoms with Crippen LogP contribution in [0.2, 0.25) is 0 Å². The van der Waals surface area contributed by atoms with Crippen molar-refractivity contribution in [1.82, 2.24) is 0 Å². The summed E-state index contributed by atoms with van der Waals surface area (Å²) in [5.41, 5.74) is 0.810. The highest BCUT2D eigenvalue weighted by atomic mass is 32.2. The molecule has 0 bridgehead atoms. The van der Waals surface area contributed by atoms with Gasteiger partial charge in [0.25, 0.3) is 0 Å². The van der Waals surface area contributed by atoms with E-state index in [4.69, 9.17) is 5.14 Å². The van der Waals surface area contributed by atoms with E-state index in [1.165, 1.54) is 0 Å². The average Bonchev–Trinajstić information content (AvgIpc) is 1.59. The predicted octanol–water partition coefficient (Wildman–Crippen LogP) is 0.979. The van der Waals surface area contributed by atoms with Crippen LogP contribution in [0.4, 0.5) is 0 Å². The van der Waals surface area contributed by atoms with E-state index in [1.54, 1.807) is 6.92 Å². The molecular formula is C6H13NO2S. The fourth-order valence-corrected chi connectivity index (χ4v) is 1.41. The van der Waals surface area contributed by atoms with Gasteiger partial charge >= 0.3 is 0 Å². The summed E-state index contributed by atoms with van der Waals surface area (Å²) < 4.78 is 20.8. The molecule has 60 valence electrons. The Hall–Kier alpha value is -0.350. The normalized spacial score (nSPS) is 13.7. The largest absolute Gasteiger partial charge is 0.231 e. The molecule has 0 aliphatic carbocycles. The molecule has 4 heteroatoms. The van der Waals surface area contributed by atoms with Crippen LogP contribution < -0.4 is 5.14 Å². The molecule has 0 heterocycles. The molecule has 0 aliphatic heterocycles. The Kier molecular flexibility index (Phi) is 3.60. The van der Waals surface area contributed by atoms with E-state index in [-0.39, 0.29) is 0 Å². The summed E-state index contributed by atoms with van der Waals surface area (Å²) in [6.45, 7) is 3.74. The van der Waals surface area contributed by atoms with Crippen LogP contribution in [-0.4, -0.2) is 8.42 Å². The van der Waals surface area contributed by atoms with E-state index in [0.717, 1.165) is 23.8 Å². The average molecular weight is 163 g/mol. The molecule has 2 N–H and O–H groups in total. The van der Waals surface area contributed by atoms with Gasteiger partial charge in [-0.1, -0.05) is 18.9 Å². The molecule has 0 radical (unpaired) electrons. The Labute approximate surface area is 62.0 Å². The highest BCUT2D eigenvalue weighted by molar-refractivity contribution is 7.92. The van der Waals surface area contributed by atoms with Crippen molar-refractivity contribution in [3.63, 3.8) is 0 Å². The fraction of sp³-hybridized carbons (Fsp3) is 0.667. The Morgan fingerprint density at radius 3 is 2.40 bits per heavy atom. The van der Waals surface area contributed by atoms with E-state index in [1.807, 2.05) is 6.92 Å². The monoisotopic (exact) mass is 163 g/mol. The van der Waals surface area contributed by atoms with Crippen LogP contribution in [0, 0.1) is 0 Å². The standard InChI is InChI=1S/C6H13NO2S/c1-3-4-6(2)5-10(7,8)9/h5H,3-4H2,1-2H3,(H2,7,8,9). The van der Waals surface area contributed by atoms with Crippen LogP contribution in [0.15, 0.2) is 11.0 Å². The van der Waals surface area contributed by atoms with Crippen LogP contribution in [0.25, 0.3) is 0 Å². The lowest BCUT2D eigenvalue weighted by Gasteiger charge is -1.94. The van der Waals surface area contributed by atoms with Crippen molar-refractivity contribution < 1.29 is 8.42 Å². The smallest absolute Gasteiger partial charge is 0.225 e. The van der Waals surface area contributed by atoms with E-state index < -0.39 is 10.0 Å². The van der Waals surface area contributed by atoms with Gasteiger partial charge in [0.05, 0.1) is 0 Å². The molecular weight excluding hydrogens is 150 g/mol. The predicted molar refractivity (Wildman–Crippen MR) is 41.8 cm³/mol. The van der Waals surface area contributed by atoms with Gasteiger partial charge in [-0.25, -0.2) is 13.6 Å². The number of hydrogen-bond acceptors (Lipinski definition) is 2. The summed E-state index contributed by atoms with van der Waals surface area (Å²) in [5, 5.41) is 5.87. The summed E-state index contributed by atoms with van der Waals surface area (Å²) in [5.74, 6) is 0. The van der Waals surface area contributed by atoms with Gasteiger partial charge in [-0.05, 0) is 13.3 Å². The fourth-order valence-electron chi connectivity index (χ4n) is 0.734. The van der Waals surface area contributed by atoms with Crippen LogP contribution in [-0.2, 0) is 10.0 Å². The van der Waals surface area contributed by atoms with Crippen molar-refractivity contribution in [1.29, 1.82) is 0 Å². The summed E-state index contributed by atoms with van der Waals surface area (Å²) in [4.78, 5) is 0. The van der Waals surface area contributed by atoms with Crippen LogP contribution >= 0.6 is 0 Å². The maximum Gasteiger partial charge on any atom is 0.231 e. The summed E-state index contributed by atoms with van der Waals surface area (Å²) in [7, 11) is -3.41. The molecule has 0 saturated heterocycles. The quantitative estimate of drug-likeness (QED) is 0.674. The van der Waals surface area contributed by atoms with E-state index in [9.17, 15) is 8.42 Å². The molecule has 0 rings (SSSR count). The van der Waals surface area contributed by atoms with Crippen molar-refractivity contribution in [3.05, 3.63) is 11.0 Å². The van der Waals surface area contributed by atoms with E-state index in [2.05, 4.69) is 0 Å². The topological polar surface area (TPSA) is 60.2 Å². The summed E-state index contributed by atoms with van der Waals surface area (Å²) in [6.07, 6.45) is 1.73. The molecule has 0 unspecified atom stereocenters. The highest BCUT2D eigenvalue weighted by Gasteiger charge is 1.96. The molecule has 0 saturated carbocycles. The van der Waals surface area contributed by atoms with Gasteiger partial charge < -0.3 is 0 Å². The Balaban J connectivity index is 4.18. The minimum atomic E-state index is -3.41. The third-order valence-corrected chi connectivity index (χ3v) is 1.74. The maximum atomic E-state index is 10.4. The zero-order chi connectivity index (χ0) is 8.20. The number of rotatable bonds is 3. The lowest BCUT2D eigenvalue weighted by Crippen LogP contribution is -2.07. The van der Waals surface area contributed by atoms with Gasteiger partial charge in [0, 0.05) is 5.41 Å². The number of sulfonamides is 1. The van der Waals surface area contributed by atoms with Crippen LogP contribution in [0.5, 0.6) is 0 Å². The molecule has 10 heavy (non-hydrogen) atoms. The Morgan fingerprint density at radius 2 is 2.10 bits per heavy atom. The van der Waals surface area contributed by atoms with Gasteiger partial charge in [-0.15, -0.1) is 0 Å². The van der Waals surface area contributed by atoms with Crippen LogP contribution in [0.1, 0.15) is 26.7 Å². The van der Waals surface area contributed by atoms with Crippen molar-refractivity contribution >= 4 is 10.0 Å². The molecule has 0 aromatic heterocycles. The number of allylic oxidation sites excluding steroid dienone is 1. The first-order valence-corrected chi connectivity index (χ1v) is 4.76. The molecule has 3 nitrogen and oxygen atoms in total. The van der Waals surface area contributed by atoms with Crippen molar-refractivity contribution in [2.75, 3.05) is 0 Å². The van der Waals surface area contributed by atoms with Gasteiger partial charge in [0.2, 0.25) is 10.0 Å². The minimum Gasteiger partial charge on any atom is -0.225 e. The SMILES string of the molecule is CCCC(C)=CS(N)(=O)=O. The minimum absolute atomic E-state index is 0.788.